The molecular formula is C16H13Br2N3. The van der Waals surface area contributed by atoms with E-state index in [0.29, 0.717) is 5.33 Å². The first-order chi connectivity index (χ1) is 10.2. The number of nitrogens with zero attached hydrogens (tertiary/aromatic N) is 3. The Morgan fingerprint density at radius 1 is 1.05 bits per heavy atom. The van der Waals surface area contributed by atoms with Gasteiger partial charge in [0.1, 0.15) is 5.82 Å². The molecule has 0 N–H and O–H groups in total. The summed E-state index contributed by atoms with van der Waals surface area (Å²) in [6.45, 7) is 2.07. The second kappa shape index (κ2) is 6.12. The zero-order chi connectivity index (χ0) is 14.8. The van der Waals surface area contributed by atoms with Crippen LogP contribution in [0.5, 0.6) is 0 Å². The molecule has 0 saturated heterocycles. The molecule has 1 heterocycles. The van der Waals surface area contributed by atoms with Crippen molar-refractivity contribution in [3.8, 4) is 17.1 Å². The molecule has 3 aromatic rings. The molecule has 0 atom stereocenters. The number of aryl methyl sites for hydroxylation is 1. The number of halogens is 2. The largest absolute Gasteiger partial charge is 0.278 e. The molecule has 0 radical (unpaired) electrons. The normalized spacial score (nSPS) is 10.8. The zero-order valence-corrected chi connectivity index (χ0v) is 14.6. The van der Waals surface area contributed by atoms with Crippen LogP contribution in [-0.2, 0) is 5.33 Å². The Morgan fingerprint density at radius 2 is 1.81 bits per heavy atom. The SMILES string of the molecule is Cc1cc(-c2nnc(CBr)n2-c2ccccc2)ccc1Br. The predicted octanol–water partition coefficient (Wildman–Crippen LogP) is 4.90. The van der Waals surface area contributed by atoms with E-state index in [1.807, 2.05) is 24.3 Å². The summed E-state index contributed by atoms with van der Waals surface area (Å²) in [5, 5.41) is 9.32. The van der Waals surface area contributed by atoms with E-state index in [1.54, 1.807) is 0 Å². The molecule has 5 heteroatoms. The average Bonchev–Trinajstić information content (AvgIpc) is 2.95. The summed E-state index contributed by atoms with van der Waals surface area (Å²) < 4.78 is 3.18. The van der Waals surface area contributed by atoms with Crippen molar-refractivity contribution in [2.45, 2.75) is 12.3 Å². The number of benzene rings is 2. The van der Waals surface area contributed by atoms with Crippen molar-refractivity contribution in [2.75, 3.05) is 0 Å². The molecule has 0 aliphatic heterocycles. The molecular weight excluding hydrogens is 394 g/mol. The van der Waals surface area contributed by atoms with Crippen LogP contribution in [0.1, 0.15) is 11.4 Å². The van der Waals surface area contributed by atoms with Crippen LogP contribution in [0.15, 0.2) is 53.0 Å². The van der Waals surface area contributed by atoms with Crippen LogP contribution in [0, 0.1) is 6.92 Å². The van der Waals surface area contributed by atoms with Gasteiger partial charge in [0.15, 0.2) is 5.82 Å². The number of aromatic nitrogens is 3. The molecule has 0 fully saturated rings. The van der Waals surface area contributed by atoms with Gasteiger partial charge in [-0.15, -0.1) is 10.2 Å². The van der Waals surface area contributed by atoms with Gasteiger partial charge in [-0.3, -0.25) is 4.57 Å². The predicted molar refractivity (Wildman–Crippen MR) is 91.9 cm³/mol. The van der Waals surface area contributed by atoms with E-state index >= 15 is 0 Å². The van der Waals surface area contributed by atoms with Crippen LogP contribution >= 0.6 is 31.9 Å². The van der Waals surface area contributed by atoms with Gasteiger partial charge in [0, 0.05) is 15.7 Å². The van der Waals surface area contributed by atoms with Gasteiger partial charge in [-0.1, -0.05) is 56.1 Å². The van der Waals surface area contributed by atoms with Crippen molar-refractivity contribution >= 4 is 31.9 Å². The van der Waals surface area contributed by atoms with E-state index in [4.69, 9.17) is 0 Å². The maximum absolute atomic E-state index is 4.37. The minimum absolute atomic E-state index is 0.657. The summed E-state index contributed by atoms with van der Waals surface area (Å²) in [6.07, 6.45) is 0. The van der Waals surface area contributed by atoms with E-state index in [0.717, 1.165) is 27.4 Å². The standard InChI is InChI=1S/C16H13Br2N3/c1-11-9-12(7-8-14(11)18)16-20-19-15(10-17)21(16)13-5-3-2-4-6-13/h2-9H,10H2,1H3. The number of para-hydroxylation sites is 1. The van der Waals surface area contributed by atoms with Gasteiger partial charge in [-0.05, 0) is 36.8 Å². The molecule has 0 aliphatic rings. The quantitative estimate of drug-likeness (QED) is 0.579. The molecule has 106 valence electrons. The van der Waals surface area contributed by atoms with Crippen molar-refractivity contribution in [1.29, 1.82) is 0 Å². The third-order valence-corrected chi connectivity index (χ3v) is 4.67. The maximum atomic E-state index is 4.37. The molecule has 1 aromatic heterocycles. The summed E-state index contributed by atoms with van der Waals surface area (Å²) in [5.74, 6) is 1.74. The molecule has 0 unspecified atom stereocenters. The van der Waals surface area contributed by atoms with E-state index in [2.05, 4.69) is 77.8 Å². The van der Waals surface area contributed by atoms with Crippen molar-refractivity contribution < 1.29 is 0 Å². The maximum Gasteiger partial charge on any atom is 0.168 e. The van der Waals surface area contributed by atoms with Gasteiger partial charge in [0.05, 0.1) is 5.33 Å². The number of rotatable bonds is 3. The van der Waals surface area contributed by atoms with Crippen LogP contribution < -0.4 is 0 Å². The first-order valence-corrected chi connectivity index (χ1v) is 8.44. The topological polar surface area (TPSA) is 30.7 Å². The van der Waals surface area contributed by atoms with Gasteiger partial charge in [-0.2, -0.15) is 0 Å². The molecule has 0 bridgehead atoms. The minimum atomic E-state index is 0.657. The molecule has 0 saturated carbocycles. The Kier molecular flexibility index (Phi) is 4.22. The zero-order valence-electron chi connectivity index (χ0n) is 11.4. The van der Waals surface area contributed by atoms with Gasteiger partial charge < -0.3 is 0 Å². The van der Waals surface area contributed by atoms with Crippen molar-refractivity contribution in [3.05, 3.63) is 64.4 Å². The van der Waals surface area contributed by atoms with Crippen molar-refractivity contribution in [1.82, 2.24) is 14.8 Å². The number of hydrogen-bond acceptors (Lipinski definition) is 2. The van der Waals surface area contributed by atoms with Gasteiger partial charge >= 0.3 is 0 Å². The molecule has 3 nitrogen and oxygen atoms in total. The molecule has 2 aromatic carbocycles. The van der Waals surface area contributed by atoms with Crippen molar-refractivity contribution in [3.63, 3.8) is 0 Å². The Bertz CT molecular complexity index is 766. The third kappa shape index (κ3) is 2.80. The summed E-state index contributed by atoms with van der Waals surface area (Å²) in [7, 11) is 0. The minimum Gasteiger partial charge on any atom is -0.278 e. The number of hydrogen-bond donors (Lipinski definition) is 0. The fraction of sp³-hybridized carbons (Fsp3) is 0.125. The second-order valence-electron chi connectivity index (χ2n) is 4.71. The molecule has 0 aliphatic carbocycles. The Hall–Kier alpha value is -1.46. The monoisotopic (exact) mass is 405 g/mol. The van der Waals surface area contributed by atoms with E-state index in [1.165, 1.54) is 5.56 Å². The smallest absolute Gasteiger partial charge is 0.168 e. The van der Waals surface area contributed by atoms with Crippen LogP contribution in [0.3, 0.4) is 0 Å². The number of alkyl halides is 1. The summed E-state index contributed by atoms with van der Waals surface area (Å²) in [6, 6.07) is 16.4. The van der Waals surface area contributed by atoms with E-state index in [-0.39, 0.29) is 0 Å². The Labute approximate surface area is 140 Å². The summed E-state index contributed by atoms with van der Waals surface area (Å²) in [5.41, 5.74) is 3.29. The highest BCUT2D eigenvalue weighted by Crippen LogP contribution is 2.27. The lowest BCUT2D eigenvalue weighted by Crippen LogP contribution is -2.01. The summed E-state index contributed by atoms with van der Waals surface area (Å²) >= 11 is 7.02. The molecule has 0 amide bonds. The molecule has 3 rings (SSSR count). The highest BCUT2D eigenvalue weighted by molar-refractivity contribution is 9.10. The lowest BCUT2D eigenvalue weighted by molar-refractivity contribution is 0.962. The first-order valence-electron chi connectivity index (χ1n) is 6.53. The van der Waals surface area contributed by atoms with Gasteiger partial charge in [-0.25, -0.2) is 0 Å². The highest BCUT2D eigenvalue weighted by Gasteiger charge is 2.15. The van der Waals surface area contributed by atoms with Crippen LogP contribution in [-0.4, -0.2) is 14.8 Å². The third-order valence-electron chi connectivity index (χ3n) is 3.28. The Morgan fingerprint density at radius 3 is 2.48 bits per heavy atom. The molecule has 21 heavy (non-hydrogen) atoms. The highest BCUT2D eigenvalue weighted by atomic mass is 79.9. The van der Waals surface area contributed by atoms with Gasteiger partial charge in [0.25, 0.3) is 0 Å². The first kappa shape index (κ1) is 14.5. The van der Waals surface area contributed by atoms with E-state index in [9.17, 15) is 0 Å². The fourth-order valence-corrected chi connectivity index (χ4v) is 2.83. The summed E-state index contributed by atoms with van der Waals surface area (Å²) in [4.78, 5) is 0. The average molecular weight is 407 g/mol. The lowest BCUT2D eigenvalue weighted by Gasteiger charge is -2.10. The van der Waals surface area contributed by atoms with E-state index < -0.39 is 0 Å². The lowest BCUT2D eigenvalue weighted by atomic mass is 10.1. The van der Waals surface area contributed by atoms with Crippen LogP contribution in [0.4, 0.5) is 0 Å². The fourth-order valence-electron chi connectivity index (χ4n) is 2.22. The van der Waals surface area contributed by atoms with Gasteiger partial charge in [0.2, 0.25) is 0 Å². The van der Waals surface area contributed by atoms with Crippen LogP contribution in [0.2, 0.25) is 0 Å². The second-order valence-corrected chi connectivity index (χ2v) is 6.12. The Balaban J connectivity index is 2.20. The molecule has 0 spiro atoms. The van der Waals surface area contributed by atoms with Crippen LogP contribution in [0.25, 0.3) is 17.1 Å². The van der Waals surface area contributed by atoms with Crippen molar-refractivity contribution in [2.24, 2.45) is 0 Å².